The van der Waals surface area contributed by atoms with Crippen LogP contribution in [0.25, 0.3) is 6.08 Å². The standard InChI is InChI=1S/C28H24IN3O6/c1-16-8-10-19(11-9-16)30-24(33)15-38-25-21(29)13-18(14-23(25)37-3)12-20-26(34)31-28(36)32(27(20)35)22-7-5-4-6-17(22)2/h4-14H,15H2,1-3H3,(H,30,33)(H,31,34,36)/b20-12+. The van der Waals surface area contributed by atoms with Gasteiger partial charge in [0.2, 0.25) is 0 Å². The zero-order valence-electron chi connectivity index (χ0n) is 20.8. The van der Waals surface area contributed by atoms with E-state index < -0.39 is 17.8 Å². The Morgan fingerprint density at radius 3 is 2.45 bits per heavy atom. The highest BCUT2D eigenvalue weighted by Crippen LogP contribution is 2.35. The largest absolute Gasteiger partial charge is 0.493 e. The molecule has 0 radical (unpaired) electrons. The summed E-state index contributed by atoms with van der Waals surface area (Å²) in [6.45, 7) is 3.47. The minimum Gasteiger partial charge on any atom is -0.493 e. The van der Waals surface area contributed by atoms with Crippen LogP contribution in [-0.4, -0.2) is 37.5 Å². The van der Waals surface area contributed by atoms with Gasteiger partial charge >= 0.3 is 6.03 Å². The normalized spacial score (nSPS) is 14.4. The van der Waals surface area contributed by atoms with Gasteiger partial charge in [-0.05, 0) is 84.0 Å². The summed E-state index contributed by atoms with van der Waals surface area (Å²) in [4.78, 5) is 51.6. The number of anilines is 2. The number of carbonyl (C=O) groups is 4. The van der Waals surface area contributed by atoms with E-state index in [-0.39, 0.29) is 18.1 Å². The number of rotatable bonds is 7. The van der Waals surface area contributed by atoms with Crippen LogP contribution < -0.4 is 25.0 Å². The molecule has 1 aliphatic heterocycles. The number of para-hydroxylation sites is 1. The van der Waals surface area contributed by atoms with Gasteiger partial charge in [-0.2, -0.15) is 0 Å². The summed E-state index contributed by atoms with van der Waals surface area (Å²) in [5.41, 5.74) is 3.08. The van der Waals surface area contributed by atoms with Gasteiger partial charge in [-0.25, -0.2) is 9.69 Å². The first-order chi connectivity index (χ1) is 18.2. The van der Waals surface area contributed by atoms with E-state index in [4.69, 9.17) is 9.47 Å². The summed E-state index contributed by atoms with van der Waals surface area (Å²) in [7, 11) is 1.44. The highest BCUT2D eigenvalue weighted by Gasteiger charge is 2.37. The van der Waals surface area contributed by atoms with Crippen LogP contribution in [0.1, 0.15) is 16.7 Å². The Morgan fingerprint density at radius 1 is 1.05 bits per heavy atom. The van der Waals surface area contributed by atoms with Gasteiger partial charge in [0.05, 0.1) is 16.4 Å². The van der Waals surface area contributed by atoms with Crippen LogP contribution in [0.5, 0.6) is 11.5 Å². The third kappa shape index (κ3) is 5.86. The highest BCUT2D eigenvalue weighted by atomic mass is 127. The number of hydrogen-bond donors (Lipinski definition) is 2. The molecule has 9 nitrogen and oxygen atoms in total. The molecule has 0 unspecified atom stereocenters. The fraction of sp³-hybridized carbons (Fsp3) is 0.143. The number of imide groups is 2. The number of urea groups is 1. The molecular weight excluding hydrogens is 601 g/mol. The number of nitrogens with one attached hydrogen (secondary N) is 2. The van der Waals surface area contributed by atoms with Crippen molar-refractivity contribution in [2.24, 2.45) is 0 Å². The Labute approximate surface area is 232 Å². The second-order valence-electron chi connectivity index (χ2n) is 8.48. The molecule has 194 valence electrons. The van der Waals surface area contributed by atoms with Gasteiger partial charge in [-0.1, -0.05) is 35.9 Å². The molecule has 0 saturated carbocycles. The van der Waals surface area contributed by atoms with E-state index in [2.05, 4.69) is 10.6 Å². The van der Waals surface area contributed by atoms with Crippen molar-refractivity contribution in [2.75, 3.05) is 23.9 Å². The molecule has 1 aliphatic rings. The van der Waals surface area contributed by atoms with Crippen LogP contribution in [0, 0.1) is 17.4 Å². The number of nitrogens with zero attached hydrogens (tertiary/aromatic N) is 1. The maximum atomic E-state index is 13.2. The Balaban J connectivity index is 1.56. The van der Waals surface area contributed by atoms with Crippen molar-refractivity contribution >= 4 is 63.8 Å². The second kappa shape index (κ2) is 11.5. The predicted molar refractivity (Wildman–Crippen MR) is 151 cm³/mol. The first-order valence-electron chi connectivity index (χ1n) is 11.5. The molecule has 0 aliphatic carbocycles. The molecule has 4 rings (SSSR count). The summed E-state index contributed by atoms with van der Waals surface area (Å²) in [6.07, 6.45) is 1.38. The lowest BCUT2D eigenvalue weighted by Gasteiger charge is -2.27. The van der Waals surface area contributed by atoms with Crippen molar-refractivity contribution in [1.82, 2.24) is 5.32 Å². The molecule has 2 N–H and O–H groups in total. The quantitative estimate of drug-likeness (QED) is 0.226. The molecule has 1 saturated heterocycles. The van der Waals surface area contributed by atoms with E-state index in [0.717, 1.165) is 10.5 Å². The lowest BCUT2D eigenvalue weighted by Crippen LogP contribution is -2.54. The van der Waals surface area contributed by atoms with Crippen LogP contribution in [0.3, 0.4) is 0 Å². The summed E-state index contributed by atoms with van der Waals surface area (Å²) >= 11 is 2.02. The number of ether oxygens (including phenoxy) is 2. The van der Waals surface area contributed by atoms with Crippen LogP contribution in [0.4, 0.5) is 16.2 Å². The van der Waals surface area contributed by atoms with Crippen LogP contribution in [0.15, 0.2) is 66.2 Å². The lowest BCUT2D eigenvalue weighted by molar-refractivity contribution is -0.122. The molecule has 0 spiro atoms. The van der Waals surface area contributed by atoms with Gasteiger partial charge < -0.3 is 14.8 Å². The molecule has 0 atom stereocenters. The van der Waals surface area contributed by atoms with Crippen molar-refractivity contribution in [3.63, 3.8) is 0 Å². The van der Waals surface area contributed by atoms with E-state index in [1.165, 1.54) is 13.2 Å². The van der Waals surface area contributed by atoms with E-state index in [9.17, 15) is 19.2 Å². The van der Waals surface area contributed by atoms with Crippen LogP contribution in [0.2, 0.25) is 0 Å². The van der Waals surface area contributed by atoms with Crippen molar-refractivity contribution in [3.8, 4) is 11.5 Å². The maximum Gasteiger partial charge on any atom is 0.335 e. The average molecular weight is 625 g/mol. The molecule has 0 bridgehead atoms. The van der Waals surface area contributed by atoms with Crippen LogP contribution in [-0.2, 0) is 14.4 Å². The molecule has 1 fully saturated rings. The van der Waals surface area contributed by atoms with Crippen LogP contribution >= 0.6 is 22.6 Å². The van der Waals surface area contributed by atoms with Gasteiger partial charge in [0.25, 0.3) is 17.7 Å². The average Bonchev–Trinajstić information content (AvgIpc) is 2.88. The van der Waals surface area contributed by atoms with Crippen molar-refractivity contribution < 1.29 is 28.7 Å². The molecule has 3 aromatic carbocycles. The Kier molecular flexibility index (Phi) is 8.10. The van der Waals surface area contributed by atoms with Crippen molar-refractivity contribution in [1.29, 1.82) is 0 Å². The Morgan fingerprint density at radius 2 is 1.76 bits per heavy atom. The van der Waals surface area contributed by atoms with Gasteiger partial charge in [-0.3, -0.25) is 19.7 Å². The third-order valence-corrected chi connectivity index (χ3v) is 6.51. The molecule has 5 amide bonds. The third-order valence-electron chi connectivity index (χ3n) is 5.70. The molecule has 1 heterocycles. The molecular formula is C28H24IN3O6. The highest BCUT2D eigenvalue weighted by molar-refractivity contribution is 14.1. The van der Waals surface area contributed by atoms with E-state index >= 15 is 0 Å². The van der Waals surface area contributed by atoms with Gasteiger partial charge in [-0.15, -0.1) is 0 Å². The van der Waals surface area contributed by atoms with Crippen molar-refractivity contribution in [3.05, 3.63) is 86.5 Å². The Bertz CT molecular complexity index is 1470. The number of benzene rings is 3. The second-order valence-corrected chi connectivity index (χ2v) is 9.64. The first kappa shape index (κ1) is 26.9. The minimum atomic E-state index is -0.814. The number of aryl methyl sites for hydroxylation is 2. The number of methoxy groups -OCH3 is 1. The monoisotopic (exact) mass is 625 g/mol. The zero-order valence-corrected chi connectivity index (χ0v) is 23.0. The smallest absolute Gasteiger partial charge is 0.335 e. The van der Waals surface area contributed by atoms with E-state index in [1.807, 2.05) is 41.6 Å². The molecule has 3 aromatic rings. The number of amides is 5. The molecule has 38 heavy (non-hydrogen) atoms. The van der Waals surface area contributed by atoms with E-state index in [1.54, 1.807) is 55.5 Å². The summed E-state index contributed by atoms with van der Waals surface area (Å²) in [5.74, 6) is -1.24. The summed E-state index contributed by atoms with van der Waals surface area (Å²) in [5, 5.41) is 4.99. The lowest BCUT2D eigenvalue weighted by atomic mass is 10.1. The predicted octanol–water partition coefficient (Wildman–Crippen LogP) is 4.60. The number of halogens is 1. The minimum absolute atomic E-state index is 0.211. The number of hydrogen-bond acceptors (Lipinski definition) is 6. The fourth-order valence-electron chi connectivity index (χ4n) is 3.79. The SMILES string of the molecule is COc1cc(/C=C2\C(=O)NC(=O)N(c3ccccc3C)C2=O)cc(I)c1OCC(=O)Nc1ccc(C)cc1. The van der Waals surface area contributed by atoms with Gasteiger partial charge in [0.15, 0.2) is 18.1 Å². The maximum absolute atomic E-state index is 13.2. The molecule has 10 heteroatoms. The fourth-order valence-corrected chi connectivity index (χ4v) is 4.57. The van der Waals surface area contributed by atoms with Crippen molar-refractivity contribution in [2.45, 2.75) is 13.8 Å². The molecule has 0 aromatic heterocycles. The Hall–Kier alpha value is -4.19. The zero-order chi connectivity index (χ0) is 27.4. The summed E-state index contributed by atoms with van der Waals surface area (Å²) in [6, 6.07) is 16.7. The van der Waals surface area contributed by atoms with E-state index in [0.29, 0.717) is 37.6 Å². The number of carbonyl (C=O) groups excluding carboxylic acids is 4. The summed E-state index contributed by atoms with van der Waals surface area (Å²) < 4.78 is 11.8. The number of barbiturate groups is 1. The topological polar surface area (TPSA) is 114 Å². The first-order valence-corrected chi connectivity index (χ1v) is 12.6. The van der Waals surface area contributed by atoms with Gasteiger partial charge in [0.1, 0.15) is 5.57 Å². The van der Waals surface area contributed by atoms with Gasteiger partial charge in [0, 0.05) is 5.69 Å².